The van der Waals surface area contributed by atoms with Crippen LogP contribution in [0.3, 0.4) is 0 Å². The third kappa shape index (κ3) is 2.33. The minimum Gasteiger partial charge on any atom is -0.469 e. The van der Waals surface area contributed by atoms with Crippen LogP contribution in [0, 0.1) is 17.8 Å². The van der Waals surface area contributed by atoms with Crippen molar-refractivity contribution in [2.75, 3.05) is 20.1 Å². The second-order valence-electron chi connectivity index (χ2n) is 8.07. The van der Waals surface area contributed by atoms with E-state index in [-0.39, 0.29) is 17.9 Å². The standard InChI is InChI=1S/C21H26N2O3/c1-26-21(25)19-15-10-17-20-14(13-4-2-3-5-16(13)22-20)8-9-23(17)11-12(15)6-7-18(19)24/h2-5,12,15,17-19,22,24H,6-11H2,1H3/t12-,15-,17-,18-,19+/m0/s1/i1D3. The largest absolute Gasteiger partial charge is 0.469 e. The summed E-state index contributed by atoms with van der Waals surface area (Å²) in [5, 5.41) is 11.8. The number of esters is 1. The Bertz CT molecular complexity index is 941. The second kappa shape index (κ2) is 6.10. The summed E-state index contributed by atoms with van der Waals surface area (Å²) < 4.78 is 26.6. The molecule has 3 aliphatic rings. The Morgan fingerprint density at radius 3 is 3.15 bits per heavy atom. The van der Waals surface area contributed by atoms with Crippen LogP contribution in [-0.4, -0.2) is 47.2 Å². The maximum atomic E-state index is 12.7. The van der Waals surface area contributed by atoms with E-state index in [2.05, 4.69) is 28.1 Å². The molecule has 1 saturated heterocycles. The smallest absolute Gasteiger partial charge is 0.311 e. The molecule has 1 aromatic carbocycles. The molecule has 2 N–H and O–H groups in total. The number of carbonyl (C=O) groups is 1. The van der Waals surface area contributed by atoms with Gasteiger partial charge in [-0.3, -0.25) is 9.69 Å². The summed E-state index contributed by atoms with van der Waals surface area (Å²) in [7, 11) is -2.78. The topological polar surface area (TPSA) is 65.6 Å². The summed E-state index contributed by atoms with van der Waals surface area (Å²) in [6.07, 6.45) is 2.25. The van der Waals surface area contributed by atoms with E-state index in [1.807, 2.05) is 6.07 Å². The highest BCUT2D eigenvalue weighted by atomic mass is 16.5. The Kier molecular flexibility index (Phi) is 3.13. The average molecular weight is 357 g/mol. The van der Waals surface area contributed by atoms with Gasteiger partial charge in [-0.2, -0.15) is 0 Å². The van der Waals surface area contributed by atoms with Crippen molar-refractivity contribution >= 4 is 16.9 Å². The van der Waals surface area contributed by atoms with Gasteiger partial charge in [0.1, 0.15) is 0 Å². The average Bonchev–Trinajstić information content (AvgIpc) is 3.04. The molecule has 0 amide bonds. The fourth-order valence-electron chi connectivity index (χ4n) is 5.74. The van der Waals surface area contributed by atoms with Gasteiger partial charge in [0.25, 0.3) is 0 Å². The summed E-state index contributed by atoms with van der Waals surface area (Å²) in [5.74, 6) is -1.36. The van der Waals surface area contributed by atoms with Gasteiger partial charge in [0.2, 0.25) is 0 Å². The monoisotopic (exact) mass is 357 g/mol. The number of fused-ring (bicyclic) bond motifs is 6. The fourth-order valence-corrected chi connectivity index (χ4v) is 5.74. The van der Waals surface area contributed by atoms with E-state index in [1.54, 1.807) is 0 Å². The lowest BCUT2D eigenvalue weighted by molar-refractivity contribution is -0.160. The number of nitrogens with one attached hydrogen (secondary N) is 1. The Hall–Kier alpha value is -1.85. The first-order chi connectivity index (χ1) is 13.8. The lowest BCUT2D eigenvalue weighted by atomic mass is 9.65. The highest BCUT2D eigenvalue weighted by Gasteiger charge is 2.49. The van der Waals surface area contributed by atoms with Gasteiger partial charge in [-0.15, -0.1) is 0 Å². The van der Waals surface area contributed by atoms with Crippen LogP contribution in [0.2, 0.25) is 0 Å². The molecule has 138 valence electrons. The highest BCUT2D eigenvalue weighted by molar-refractivity contribution is 5.85. The molecule has 5 heteroatoms. The number of methoxy groups -OCH3 is 1. The van der Waals surface area contributed by atoms with Crippen LogP contribution >= 0.6 is 0 Å². The molecule has 26 heavy (non-hydrogen) atoms. The van der Waals surface area contributed by atoms with Crippen molar-refractivity contribution in [3.05, 3.63) is 35.5 Å². The molecule has 2 fully saturated rings. The predicted molar refractivity (Wildman–Crippen MR) is 98.7 cm³/mol. The van der Waals surface area contributed by atoms with Crippen LogP contribution in [-0.2, 0) is 16.0 Å². The lowest BCUT2D eigenvalue weighted by Gasteiger charge is -2.50. The van der Waals surface area contributed by atoms with E-state index in [4.69, 9.17) is 8.85 Å². The van der Waals surface area contributed by atoms with Crippen LogP contribution in [0.15, 0.2) is 24.3 Å². The molecule has 5 atom stereocenters. The van der Waals surface area contributed by atoms with Crippen molar-refractivity contribution in [1.29, 1.82) is 0 Å². The molecule has 0 radical (unpaired) electrons. The number of para-hydroxylation sites is 1. The minimum absolute atomic E-state index is 0.0767. The quantitative estimate of drug-likeness (QED) is 0.770. The molecule has 2 aliphatic heterocycles. The molecule has 5 rings (SSSR count). The van der Waals surface area contributed by atoms with E-state index < -0.39 is 25.0 Å². The van der Waals surface area contributed by atoms with Gasteiger partial charge in [-0.25, -0.2) is 0 Å². The number of aromatic nitrogens is 1. The Morgan fingerprint density at radius 2 is 2.27 bits per heavy atom. The van der Waals surface area contributed by atoms with Gasteiger partial charge < -0.3 is 14.8 Å². The maximum Gasteiger partial charge on any atom is 0.311 e. The number of nitrogens with zero attached hydrogens (tertiary/aromatic N) is 1. The Balaban J connectivity index is 1.47. The van der Waals surface area contributed by atoms with Crippen LogP contribution in [0.1, 0.15) is 40.7 Å². The van der Waals surface area contributed by atoms with Crippen molar-refractivity contribution in [3.8, 4) is 0 Å². The summed E-state index contributed by atoms with van der Waals surface area (Å²) in [6.45, 7) is 1.85. The molecule has 1 aromatic heterocycles. The number of aliphatic hydroxyl groups excluding tert-OH is 1. The van der Waals surface area contributed by atoms with Crippen LogP contribution < -0.4 is 0 Å². The van der Waals surface area contributed by atoms with Crippen LogP contribution in [0.5, 0.6) is 0 Å². The van der Waals surface area contributed by atoms with Crippen molar-refractivity contribution < 1.29 is 18.8 Å². The zero-order chi connectivity index (χ0) is 20.3. The highest BCUT2D eigenvalue weighted by Crippen LogP contribution is 2.49. The van der Waals surface area contributed by atoms with Gasteiger partial charge in [0, 0.05) is 29.7 Å². The van der Waals surface area contributed by atoms with Gasteiger partial charge in [0.05, 0.1) is 29.2 Å². The van der Waals surface area contributed by atoms with Crippen molar-refractivity contribution in [3.63, 3.8) is 0 Å². The number of benzene rings is 1. The van der Waals surface area contributed by atoms with Gasteiger partial charge >= 0.3 is 5.97 Å². The van der Waals surface area contributed by atoms with Gasteiger partial charge in [-0.1, -0.05) is 18.2 Å². The summed E-state index contributed by atoms with van der Waals surface area (Å²) in [4.78, 5) is 18.7. The van der Waals surface area contributed by atoms with Crippen molar-refractivity contribution in [2.24, 2.45) is 17.8 Å². The summed E-state index contributed by atoms with van der Waals surface area (Å²) in [5.41, 5.74) is 3.68. The Labute approximate surface area is 157 Å². The van der Waals surface area contributed by atoms with Gasteiger partial charge in [-0.05, 0) is 49.1 Å². The molecule has 1 aliphatic carbocycles. The van der Waals surface area contributed by atoms with Crippen molar-refractivity contribution in [2.45, 2.75) is 37.8 Å². The molecule has 5 nitrogen and oxygen atoms in total. The summed E-state index contributed by atoms with van der Waals surface area (Å²) >= 11 is 0. The first-order valence-electron chi connectivity index (χ1n) is 11.1. The molecule has 2 aromatic rings. The Morgan fingerprint density at radius 1 is 1.38 bits per heavy atom. The van der Waals surface area contributed by atoms with E-state index in [1.165, 1.54) is 16.6 Å². The summed E-state index contributed by atoms with van der Waals surface area (Å²) in [6, 6.07) is 8.47. The number of hydrogen-bond acceptors (Lipinski definition) is 4. The van der Waals surface area contributed by atoms with E-state index >= 15 is 0 Å². The van der Waals surface area contributed by atoms with Crippen LogP contribution in [0.4, 0.5) is 0 Å². The molecule has 0 unspecified atom stereocenters. The van der Waals surface area contributed by atoms with E-state index in [9.17, 15) is 9.90 Å². The minimum atomic E-state index is -2.78. The normalized spacial score (nSPS) is 36.2. The SMILES string of the molecule is [2H]C([2H])([2H])OC(=O)[C@@H]1[C@H]2C[C@H]3c4[nH]c5ccccc5c4CCN3C[C@@H]2CC[C@@H]1O. The molecular formula is C21H26N2O3. The number of ether oxygens (including phenoxy) is 1. The number of piperidine rings is 1. The number of hydrogen-bond donors (Lipinski definition) is 2. The number of carbonyl (C=O) groups excluding carboxylic acids is 1. The molecule has 3 heterocycles. The van der Waals surface area contributed by atoms with E-state index in [0.29, 0.717) is 6.42 Å². The number of H-pyrrole nitrogens is 1. The van der Waals surface area contributed by atoms with Crippen LogP contribution in [0.25, 0.3) is 10.9 Å². The molecule has 0 bridgehead atoms. The molecular weight excluding hydrogens is 328 g/mol. The number of rotatable bonds is 1. The maximum absolute atomic E-state index is 12.7. The van der Waals surface area contributed by atoms with Gasteiger partial charge in [0.15, 0.2) is 0 Å². The van der Waals surface area contributed by atoms with E-state index in [0.717, 1.165) is 37.9 Å². The second-order valence-corrected chi connectivity index (χ2v) is 8.07. The van der Waals surface area contributed by atoms with Crippen molar-refractivity contribution in [1.82, 2.24) is 9.88 Å². The zero-order valence-corrected chi connectivity index (χ0v) is 14.6. The molecule has 1 saturated carbocycles. The fraction of sp³-hybridized carbons (Fsp3) is 0.571. The zero-order valence-electron chi connectivity index (χ0n) is 17.6. The molecule has 0 spiro atoms. The third-order valence-corrected chi connectivity index (χ3v) is 6.92. The number of aromatic amines is 1. The number of aliphatic hydroxyl groups is 1. The lowest BCUT2D eigenvalue weighted by Crippen LogP contribution is -2.53. The first kappa shape index (κ1) is 13.3. The predicted octanol–water partition coefficient (Wildman–Crippen LogP) is 2.65. The first-order valence-corrected chi connectivity index (χ1v) is 9.56. The third-order valence-electron chi connectivity index (χ3n) is 6.92.